The minimum Gasteiger partial charge on any atom is -0.390 e. The van der Waals surface area contributed by atoms with Gasteiger partial charge in [0.25, 0.3) is 5.92 Å². The van der Waals surface area contributed by atoms with Crippen LogP contribution >= 0.6 is 0 Å². The molecule has 1 fully saturated rings. The van der Waals surface area contributed by atoms with Crippen LogP contribution in [0.1, 0.15) is 49.6 Å². The van der Waals surface area contributed by atoms with Crippen molar-refractivity contribution in [2.75, 3.05) is 38.1 Å². The lowest BCUT2D eigenvalue weighted by atomic mass is 9.87. The van der Waals surface area contributed by atoms with E-state index in [1.165, 1.54) is 17.0 Å². The van der Waals surface area contributed by atoms with Gasteiger partial charge in [-0.25, -0.2) is 17.6 Å². The quantitative estimate of drug-likeness (QED) is 0.336. The third-order valence-electron chi connectivity index (χ3n) is 7.67. The molecular formula is C28H34F4N4O. The van der Waals surface area contributed by atoms with Crippen molar-refractivity contribution in [2.24, 2.45) is 0 Å². The van der Waals surface area contributed by atoms with E-state index in [1.807, 2.05) is 24.3 Å². The molecule has 2 aliphatic rings. The number of aromatic amines is 1. The summed E-state index contributed by atoms with van der Waals surface area (Å²) in [6.07, 6.45) is 2.67. The van der Waals surface area contributed by atoms with Crippen molar-refractivity contribution in [2.45, 2.75) is 57.2 Å². The molecule has 5 nitrogen and oxygen atoms in total. The Hall–Kier alpha value is -2.62. The first-order valence-corrected chi connectivity index (χ1v) is 13.0. The Morgan fingerprint density at radius 1 is 1.14 bits per heavy atom. The number of aliphatic hydroxyl groups excluding tert-OH is 1. The molecule has 0 bridgehead atoms. The molecule has 2 aromatic carbocycles. The molecule has 1 aromatic heterocycles. The van der Waals surface area contributed by atoms with Gasteiger partial charge in [0.2, 0.25) is 0 Å². The van der Waals surface area contributed by atoms with Gasteiger partial charge >= 0.3 is 0 Å². The number of aromatic nitrogens is 1. The first-order chi connectivity index (χ1) is 17.7. The van der Waals surface area contributed by atoms with E-state index in [2.05, 4.69) is 22.1 Å². The number of aliphatic hydroxyl groups is 1. The van der Waals surface area contributed by atoms with Gasteiger partial charge in [-0.05, 0) is 50.1 Å². The normalized spacial score (nSPS) is 21.3. The van der Waals surface area contributed by atoms with E-state index in [4.69, 9.17) is 0 Å². The summed E-state index contributed by atoms with van der Waals surface area (Å²) >= 11 is 0. The van der Waals surface area contributed by atoms with Gasteiger partial charge in [-0.2, -0.15) is 0 Å². The number of H-pyrrole nitrogens is 1. The number of benzene rings is 2. The number of para-hydroxylation sites is 1. The Kier molecular flexibility index (Phi) is 7.22. The average molecular weight is 519 g/mol. The van der Waals surface area contributed by atoms with Crippen LogP contribution in [0.5, 0.6) is 0 Å². The molecule has 2 atom stereocenters. The van der Waals surface area contributed by atoms with Crippen molar-refractivity contribution in [3.8, 4) is 0 Å². The summed E-state index contributed by atoms with van der Waals surface area (Å²) in [7, 11) is 0. The van der Waals surface area contributed by atoms with E-state index in [-0.39, 0.29) is 11.6 Å². The molecule has 9 heteroatoms. The van der Waals surface area contributed by atoms with Gasteiger partial charge in [0.1, 0.15) is 18.2 Å². The van der Waals surface area contributed by atoms with Gasteiger partial charge < -0.3 is 15.4 Å². The number of hydrogen-bond donors (Lipinski definition) is 3. The van der Waals surface area contributed by atoms with Crippen LogP contribution < -0.4 is 5.32 Å². The van der Waals surface area contributed by atoms with Crippen LogP contribution in [0.15, 0.2) is 36.4 Å². The van der Waals surface area contributed by atoms with Crippen molar-refractivity contribution in [3.63, 3.8) is 0 Å². The zero-order valence-corrected chi connectivity index (χ0v) is 21.2. The number of nitrogens with zero attached hydrogens (tertiary/aromatic N) is 2. The third kappa shape index (κ3) is 5.09. The second-order valence-corrected chi connectivity index (χ2v) is 10.5. The number of hydrogen-bond acceptors (Lipinski definition) is 4. The number of nitrogens with one attached hydrogen (secondary N) is 2. The van der Waals surface area contributed by atoms with Crippen molar-refractivity contribution >= 4 is 16.6 Å². The van der Waals surface area contributed by atoms with Crippen LogP contribution in [0.2, 0.25) is 0 Å². The summed E-state index contributed by atoms with van der Waals surface area (Å²) in [4.78, 5) is 6.95. The van der Waals surface area contributed by atoms with E-state index in [9.17, 15) is 13.9 Å². The zero-order chi connectivity index (χ0) is 26.3. The molecule has 3 heterocycles. The zero-order valence-electron chi connectivity index (χ0n) is 21.2. The summed E-state index contributed by atoms with van der Waals surface area (Å²) in [5.41, 5.74) is 2.25. The predicted octanol–water partition coefficient (Wildman–Crippen LogP) is 5.31. The molecule has 5 rings (SSSR count). The fourth-order valence-corrected chi connectivity index (χ4v) is 5.77. The van der Waals surface area contributed by atoms with Crippen LogP contribution in [-0.2, 0) is 6.42 Å². The highest BCUT2D eigenvalue weighted by Crippen LogP contribution is 2.43. The largest absolute Gasteiger partial charge is 0.390 e. The number of halogens is 4. The van der Waals surface area contributed by atoms with Crippen molar-refractivity contribution < 1.29 is 22.7 Å². The minimum atomic E-state index is -3.42. The van der Waals surface area contributed by atoms with Crippen molar-refractivity contribution in [1.82, 2.24) is 14.8 Å². The molecule has 0 aliphatic carbocycles. The van der Waals surface area contributed by atoms with Crippen LogP contribution in [0.3, 0.4) is 0 Å². The highest BCUT2D eigenvalue weighted by Gasteiger charge is 2.43. The van der Waals surface area contributed by atoms with E-state index in [1.54, 1.807) is 6.92 Å². The predicted molar refractivity (Wildman–Crippen MR) is 137 cm³/mol. The maximum absolute atomic E-state index is 15.7. The molecular weight excluding hydrogens is 484 g/mol. The lowest BCUT2D eigenvalue weighted by molar-refractivity contribution is -0.0869. The summed E-state index contributed by atoms with van der Waals surface area (Å²) in [6.45, 7) is 4.39. The Bertz CT molecular complexity index is 1230. The smallest absolute Gasteiger partial charge is 0.283 e. The number of likely N-dealkylation sites (tertiary alicyclic amines) is 1. The summed E-state index contributed by atoms with van der Waals surface area (Å²) in [5.74, 6) is -4.99. The lowest BCUT2D eigenvalue weighted by Gasteiger charge is -2.42. The van der Waals surface area contributed by atoms with Crippen LogP contribution in [0.25, 0.3) is 10.9 Å². The Morgan fingerprint density at radius 3 is 2.51 bits per heavy atom. The fraction of sp³-hybridized carbons (Fsp3) is 0.500. The Labute approximate surface area is 214 Å². The number of alkyl halides is 2. The molecule has 0 amide bonds. The Balaban J connectivity index is 1.50. The van der Waals surface area contributed by atoms with Gasteiger partial charge in [-0.1, -0.05) is 31.5 Å². The molecule has 0 spiro atoms. The summed E-state index contributed by atoms with van der Waals surface area (Å²) < 4.78 is 60.3. The number of fused-ring (bicyclic) bond motifs is 3. The van der Waals surface area contributed by atoms with Gasteiger partial charge in [0, 0.05) is 47.0 Å². The van der Waals surface area contributed by atoms with Gasteiger partial charge in [0.15, 0.2) is 0 Å². The molecule has 2 aliphatic heterocycles. The lowest BCUT2D eigenvalue weighted by Crippen LogP contribution is -2.54. The van der Waals surface area contributed by atoms with E-state index >= 15 is 8.78 Å². The van der Waals surface area contributed by atoms with Crippen molar-refractivity contribution in [3.05, 3.63) is 64.9 Å². The molecule has 3 aromatic rings. The minimum absolute atomic E-state index is 0.108. The van der Waals surface area contributed by atoms with Gasteiger partial charge in [-0.15, -0.1) is 0 Å². The summed E-state index contributed by atoms with van der Waals surface area (Å²) in [6, 6.07) is 8.63. The SMILES string of the molecule is CCCCN1CC(Nc2cc(F)c([C@@H]3c4[nH]c5ccccc5c4C[C@@H](C)N3CC(F)(F)CO)c(F)c2)C1. The van der Waals surface area contributed by atoms with Crippen molar-refractivity contribution in [1.29, 1.82) is 0 Å². The number of unbranched alkanes of at least 4 members (excludes halogenated alkanes) is 1. The second kappa shape index (κ2) is 10.3. The molecule has 0 radical (unpaired) electrons. The number of rotatable bonds is 9. The van der Waals surface area contributed by atoms with E-state index < -0.39 is 42.8 Å². The topological polar surface area (TPSA) is 54.5 Å². The number of anilines is 1. The maximum atomic E-state index is 15.7. The van der Waals surface area contributed by atoms with E-state index in [0.29, 0.717) is 17.8 Å². The van der Waals surface area contributed by atoms with Crippen LogP contribution in [-0.4, -0.2) is 70.7 Å². The summed E-state index contributed by atoms with van der Waals surface area (Å²) in [5, 5.41) is 13.4. The molecule has 0 saturated carbocycles. The third-order valence-corrected chi connectivity index (χ3v) is 7.67. The molecule has 1 saturated heterocycles. The first kappa shape index (κ1) is 26.0. The molecule has 0 unspecified atom stereocenters. The van der Waals surface area contributed by atoms with Crippen LogP contribution in [0.4, 0.5) is 23.2 Å². The highest BCUT2D eigenvalue weighted by atomic mass is 19.3. The average Bonchev–Trinajstić information content (AvgIpc) is 3.19. The monoisotopic (exact) mass is 518 g/mol. The Morgan fingerprint density at radius 2 is 1.84 bits per heavy atom. The molecule has 200 valence electrons. The molecule has 3 N–H and O–H groups in total. The van der Waals surface area contributed by atoms with Gasteiger partial charge in [-0.3, -0.25) is 9.80 Å². The second-order valence-electron chi connectivity index (χ2n) is 10.5. The van der Waals surface area contributed by atoms with E-state index in [0.717, 1.165) is 48.9 Å². The maximum Gasteiger partial charge on any atom is 0.283 e. The van der Waals surface area contributed by atoms with Crippen LogP contribution in [0, 0.1) is 11.6 Å². The molecule has 37 heavy (non-hydrogen) atoms. The first-order valence-electron chi connectivity index (χ1n) is 13.0. The standard InChI is InChI=1S/C28H34F4N4O/c1-3-4-9-35-13-19(14-35)33-18-11-22(29)25(23(30)12-18)27-26-21(20-7-5-6-8-24(20)34-26)10-17(2)36(27)15-28(31,32)16-37/h5-8,11-12,17,19,27,33-34,37H,3-4,9-10,13-16H2,1-2H3/t17-,27-/m1/s1. The fourth-order valence-electron chi connectivity index (χ4n) is 5.77. The van der Waals surface area contributed by atoms with Gasteiger partial charge in [0.05, 0.1) is 18.6 Å². The highest BCUT2D eigenvalue weighted by molar-refractivity contribution is 5.85.